The number of nitrogens with zero attached hydrogens (tertiary/aromatic N) is 5. The molecule has 0 saturated heterocycles. The maximum absolute atomic E-state index is 13.3. The van der Waals surface area contributed by atoms with E-state index in [-0.39, 0.29) is 5.82 Å². The summed E-state index contributed by atoms with van der Waals surface area (Å²) < 4.78 is 16.2. The van der Waals surface area contributed by atoms with Gasteiger partial charge < -0.3 is 14.5 Å². The highest BCUT2D eigenvalue weighted by molar-refractivity contribution is 5.75. The van der Waals surface area contributed by atoms with Crippen LogP contribution in [0.5, 0.6) is 0 Å². The van der Waals surface area contributed by atoms with Crippen molar-refractivity contribution >= 4 is 28.1 Å². The number of halogens is 1. The lowest BCUT2D eigenvalue weighted by molar-refractivity contribution is 0.629. The largest absolute Gasteiger partial charge is 0.340 e. The summed E-state index contributed by atoms with van der Waals surface area (Å²) in [4.78, 5) is 39.9. The van der Waals surface area contributed by atoms with Gasteiger partial charge in [-0.1, -0.05) is 0 Å². The SMILES string of the molecule is CN(Cc1nc2ccc(F)cc2[nH]1)c1nc2c(c(=O)[nH]c(=O)n2C)n1C. The summed E-state index contributed by atoms with van der Waals surface area (Å²) >= 11 is 0. The number of fused-ring (bicyclic) bond motifs is 2. The lowest BCUT2D eigenvalue weighted by Crippen LogP contribution is -2.29. The Kier molecular flexibility index (Phi) is 3.43. The number of rotatable bonds is 3. The molecule has 10 heteroatoms. The molecule has 0 atom stereocenters. The van der Waals surface area contributed by atoms with Crippen LogP contribution in [0.3, 0.4) is 0 Å². The molecule has 1 aromatic carbocycles. The van der Waals surface area contributed by atoms with Gasteiger partial charge in [0.05, 0.1) is 17.6 Å². The van der Waals surface area contributed by atoms with Gasteiger partial charge in [0.15, 0.2) is 11.2 Å². The summed E-state index contributed by atoms with van der Waals surface area (Å²) in [6.45, 7) is 0.360. The van der Waals surface area contributed by atoms with Crippen molar-refractivity contribution in [3.8, 4) is 0 Å². The van der Waals surface area contributed by atoms with Crippen LogP contribution in [0.4, 0.5) is 10.3 Å². The van der Waals surface area contributed by atoms with E-state index in [2.05, 4.69) is 19.9 Å². The Balaban J connectivity index is 1.75. The summed E-state index contributed by atoms with van der Waals surface area (Å²) in [5.74, 6) is 0.790. The van der Waals surface area contributed by atoms with Crippen LogP contribution in [0.25, 0.3) is 22.2 Å². The molecule has 4 rings (SSSR count). The summed E-state index contributed by atoms with van der Waals surface area (Å²) in [5.41, 5.74) is 0.873. The number of imidazole rings is 2. The molecule has 2 N–H and O–H groups in total. The molecule has 3 aromatic heterocycles. The predicted molar refractivity (Wildman–Crippen MR) is 94.7 cm³/mol. The van der Waals surface area contributed by atoms with Crippen LogP contribution >= 0.6 is 0 Å². The van der Waals surface area contributed by atoms with Crippen molar-refractivity contribution in [2.75, 3.05) is 11.9 Å². The lowest BCUT2D eigenvalue weighted by Gasteiger charge is -2.16. The van der Waals surface area contributed by atoms with Gasteiger partial charge in [-0.15, -0.1) is 0 Å². The molecule has 0 saturated carbocycles. The Morgan fingerprint density at radius 2 is 1.92 bits per heavy atom. The molecule has 0 aliphatic carbocycles. The monoisotopic (exact) mass is 357 g/mol. The fourth-order valence-electron chi connectivity index (χ4n) is 3.04. The molecular weight excluding hydrogens is 341 g/mol. The molecular formula is C16H16FN7O2. The first-order valence-electron chi connectivity index (χ1n) is 7.86. The Morgan fingerprint density at radius 1 is 1.15 bits per heavy atom. The molecule has 0 radical (unpaired) electrons. The van der Waals surface area contributed by atoms with E-state index < -0.39 is 11.2 Å². The number of aromatic nitrogens is 6. The average molecular weight is 357 g/mol. The summed E-state index contributed by atoms with van der Waals surface area (Å²) in [7, 11) is 5.04. The average Bonchev–Trinajstić information content (AvgIpc) is 3.13. The van der Waals surface area contributed by atoms with Crippen molar-refractivity contribution in [1.82, 2.24) is 29.1 Å². The van der Waals surface area contributed by atoms with E-state index in [1.54, 1.807) is 36.7 Å². The molecule has 4 aromatic rings. The minimum atomic E-state index is -0.519. The minimum Gasteiger partial charge on any atom is -0.340 e. The van der Waals surface area contributed by atoms with Crippen LogP contribution in [0.1, 0.15) is 5.82 Å². The highest BCUT2D eigenvalue weighted by Crippen LogP contribution is 2.19. The Labute approximate surface area is 145 Å². The van der Waals surface area contributed by atoms with E-state index in [4.69, 9.17) is 0 Å². The highest BCUT2D eigenvalue weighted by atomic mass is 19.1. The number of nitrogens with one attached hydrogen (secondary N) is 2. The second kappa shape index (κ2) is 5.55. The molecule has 0 unspecified atom stereocenters. The van der Waals surface area contributed by atoms with Gasteiger partial charge in [0.1, 0.15) is 11.6 Å². The fourth-order valence-corrected chi connectivity index (χ4v) is 3.04. The zero-order chi connectivity index (χ0) is 18.6. The van der Waals surface area contributed by atoms with Crippen molar-refractivity contribution < 1.29 is 4.39 Å². The number of benzene rings is 1. The van der Waals surface area contributed by atoms with Gasteiger partial charge in [0, 0.05) is 21.1 Å². The molecule has 0 spiro atoms. The normalized spacial score (nSPS) is 11.5. The van der Waals surface area contributed by atoms with Gasteiger partial charge in [-0.05, 0) is 18.2 Å². The molecule has 0 bridgehead atoms. The zero-order valence-corrected chi connectivity index (χ0v) is 14.4. The molecule has 9 nitrogen and oxygen atoms in total. The van der Waals surface area contributed by atoms with Gasteiger partial charge in [-0.3, -0.25) is 14.3 Å². The van der Waals surface area contributed by atoms with Crippen LogP contribution in [-0.2, 0) is 20.6 Å². The number of hydrogen-bond acceptors (Lipinski definition) is 5. The number of anilines is 1. The third-order valence-electron chi connectivity index (χ3n) is 4.33. The Bertz CT molecular complexity index is 1260. The van der Waals surface area contributed by atoms with Gasteiger partial charge in [0.25, 0.3) is 5.56 Å². The molecule has 0 fully saturated rings. The standard InChI is InChI=1S/C16H16FN7O2/c1-22(7-11-18-9-5-4-8(17)6-10(9)19-11)15-20-13-12(23(15)2)14(25)21-16(26)24(13)3/h4-6H,7H2,1-3H3,(H,18,19)(H,21,25,26). The molecule has 134 valence electrons. The van der Waals surface area contributed by atoms with Gasteiger partial charge in [-0.2, -0.15) is 4.98 Å². The first-order chi connectivity index (χ1) is 12.3. The van der Waals surface area contributed by atoms with E-state index in [0.29, 0.717) is 40.5 Å². The van der Waals surface area contributed by atoms with Crippen LogP contribution in [0, 0.1) is 5.82 Å². The third kappa shape index (κ3) is 2.38. The first kappa shape index (κ1) is 16.1. The highest BCUT2D eigenvalue weighted by Gasteiger charge is 2.18. The van der Waals surface area contributed by atoms with Crippen LogP contribution in [-0.4, -0.2) is 36.1 Å². The van der Waals surface area contributed by atoms with Crippen LogP contribution < -0.4 is 16.1 Å². The topological polar surface area (TPSA) is 105 Å². The van der Waals surface area contributed by atoms with Gasteiger partial charge in [0.2, 0.25) is 5.95 Å². The van der Waals surface area contributed by atoms with Crippen molar-refractivity contribution in [3.63, 3.8) is 0 Å². The quantitative estimate of drug-likeness (QED) is 0.559. The van der Waals surface area contributed by atoms with E-state index in [9.17, 15) is 14.0 Å². The fraction of sp³-hybridized carbons (Fsp3) is 0.250. The van der Waals surface area contributed by atoms with Gasteiger partial charge >= 0.3 is 5.69 Å². The van der Waals surface area contributed by atoms with E-state index in [0.717, 1.165) is 0 Å². The second-order valence-electron chi connectivity index (χ2n) is 6.16. The molecule has 0 aliphatic heterocycles. The van der Waals surface area contributed by atoms with E-state index in [1.165, 1.54) is 16.7 Å². The maximum atomic E-state index is 13.3. The Morgan fingerprint density at radius 3 is 2.69 bits per heavy atom. The Hall–Kier alpha value is -3.43. The third-order valence-corrected chi connectivity index (χ3v) is 4.33. The summed E-state index contributed by atoms with van der Waals surface area (Å²) in [6, 6.07) is 4.35. The molecule has 3 heterocycles. The minimum absolute atomic E-state index is 0.301. The lowest BCUT2D eigenvalue weighted by atomic mass is 10.3. The predicted octanol–water partition coefficient (Wildman–Crippen LogP) is 0.612. The zero-order valence-electron chi connectivity index (χ0n) is 14.4. The summed E-state index contributed by atoms with van der Waals surface area (Å²) in [6.07, 6.45) is 0. The molecule has 0 amide bonds. The molecule has 0 aliphatic rings. The number of H-pyrrole nitrogens is 2. The smallest absolute Gasteiger partial charge is 0.329 e. The number of hydrogen-bond donors (Lipinski definition) is 2. The van der Waals surface area contributed by atoms with Crippen molar-refractivity contribution in [3.05, 3.63) is 50.7 Å². The second-order valence-corrected chi connectivity index (χ2v) is 6.16. The van der Waals surface area contributed by atoms with Crippen LogP contribution in [0.15, 0.2) is 27.8 Å². The van der Waals surface area contributed by atoms with Crippen LogP contribution in [0.2, 0.25) is 0 Å². The molecule has 26 heavy (non-hydrogen) atoms. The summed E-state index contributed by atoms with van der Waals surface area (Å²) in [5, 5.41) is 0. The van der Waals surface area contributed by atoms with E-state index >= 15 is 0 Å². The van der Waals surface area contributed by atoms with Gasteiger partial charge in [-0.25, -0.2) is 14.2 Å². The van der Waals surface area contributed by atoms with E-state index in [1.807, 2.05) is 0 Å². The van der Waals surface area contributed by atoms with Crippen molar-refractivity contribution in [2.45, 2.75) is 6.54 Å². The number of aryl methyl sites for hydroxylation is 2. The maximum Gasteiger partial charge on any atom is 0.329 e. The van der Waals surface area contributed by atoms with Crippen molar-refractivity contribution in [1.29, 1.82) is 0 Å². The first-order valence-corrected chi connectivity index (χ1v) is 7.86. The number of aromatic amines is 2. The van der Waals surface area contributed by atoms with Crippen molar-refractivity contribution in [2.24, 2.45) is 14.1 Å².